The Balaban J connectivity index is 1.98. The summed E-state index contributed by atoms with van der Waals surface area (Å²) in [6.45, 7) is 10.6. The van der Waals surface area contributed by atoms with Gasteiger partial charge in [-0.15, -0.1) is 0 Å². The molecule has 1 aliphatic heterocycles. The lowest BCUT2D eigenvalue weighted by Crippen LogP contribution is -2.36. The molecule has 0 amide bonds. The van der Waals surface area contributed by atoms with E-state index < -0.39 is 0 Å². The van der Waals surface area contributed by atoms with Gasteiger partial charge < -0.3 is 10.6 Å². The zero-order valence-electron chi connectivity index (χ0n) is 11.4. The van der Waals surface area contributed by atoms with Crippen molar-refractivity contribution in [2.24, 2.45) is 11.8 Å². The lowest BCUT2D eigenvalue weighted by atomic mass is 9.97. The second-order valence-corrected chi connectivity index (χ2v) is 5.83. The van der Waals surface area contributed by atoms with E-state index in [4.69, 9.17) is 0 Å². The fraction of sp³-hybridized carbons (Fsp3) is 1.00. The largest absolute Gasteiger partial charge is 0.317 e. The van der Waals surface area contributed by atoms with Gasteiger partial charge in [-0.25, -0.2) is 0 Å². The molecule has 1 aliphatic rings. The van der Waals surface area contributed by atoms with E-state index >= 15 is 0 Å². The van der Waals surface area contributed by atoms with Gasteiger partial charge in [-0.3, -0.25) is 0 Å². The van der Waals surface area contributed by atoms with Gasteiger partial charge in [0.2, 0.25) is 0 Å². The minimum atomic E-state index is 0.702. The lowest BCUT2D eigenvalue weighted by molar-refractivity contribution is 0.336. The molecule has 0 aromatic carbocycles. The topological polar surface area (TPSA) is 24.1 Å². The highest BCUT2D eigenvalue weighted by atomic mass is 14.9. The van der Waals surface area contributed by atoms with Crippen molar-refractivity contribution in [1.82, 2.24) is 10.6 Å². The maximum Gasteiger partial charge on any atom is 0.00388 e. The molecule has 1 atom stereocenters. The first-order valence-electron chi connectivity index (χ1n) is 7.12. The Morgan fingerprint density at radius 1 is 1.12 bits per heavy atom. The highest BCUT2D eigenvalue weighted by molar-refractivity contribution is 4.72. The SMILES string of the molecule is CC(C)CCCC(C)NCC1CCNCC1. The third kappa shape index (κ3) is 6.49. The molecule has 0 spiro atoms. The van der Waals surface area contributed by atoms with Crippen LogP contribution in [0.1, 0.15) is 52.9 Å². The van der Waals surface area contributed by atoms with E-state index in [0.717, 1.165) is 11.8 Å². The van der Waals surface area contributed by atoms with E-state index in [0.29, 0.717) is 6.04 Å². The highest BCUT2D eigenvalue weighted by Gasteiger charge is 2.13. The predicted octanol–water partition coefficient (Wildman–Crippen LogP) is 2.79. The zero-order valence-corrected chi connectivity index (χ0v) is 11.4. The first kappa shape index (κ1) is 14.0. The van der Waals surface area contributed by atoms with Gasteiger partial charge in [-0.2, -0.15) is 0 Å². The number of rotatable bonds is 7. The molecule has 2 N–H and O–H groups in total. The summed E-state index contributed by atoms with van der Waals surface area (Å²) >= 11 is 0. The molecular formula is C14H30N2. The molecule has 0 radical (unpaired) electrons. The Morgan fingerprint density at radius 3 is 2.44 bits per heavy atom. The molecule has 1 fully saturated rings. The summed E-state index contributed by atoms with van der Waals surface area (Å²) in [6.07, 6.45) is 6.79. The van der Waals surface area contributed by atoms with E-state index in [1.54, 1.807) is 0 Å². The second-order valence-electron chi connectivity index (χ2n) is 5.83. The Kier molecular flexibility index (Phi) is 7.06. The van der Waals surface area contributed by atoms with E-state index in [-0.39, 0.29) is 0 Å². The molecule has 96 valence electrons. The summed E-state index contributed by atoms with van der Waals surface area (Å²) in [5.41, 5.74) is 0. The van der Waals surface area contributed by atoms with E-state index in [1.807, 2.05) is 0 Å². The average Bonchev–Trinajstić information content (AvgIpc) is 2.27. The van der Waals surface area contributed by atoms with Crippen LogP contribution < -0.4 is 10.6 Å². The molecule has 0 bridgehead atoms. The van der Waals surface area contributed by atoms with Crippen molar-refractivity contribution in [3.8, 4) is 0 Å². The van der Waals surface area contributed by atoms with Crippen LogP contribution >= 0.6 is 0 Å². The maximum atomic E-state index is 3.70. The highest BCUT2D eigenvalue weighted by Crippen LogP contribution is 2.12. The Labute approximate surface area is 102 Å². The van der Waals surface area contributed by atoms with Crippen LogP contribution in [0.25, 0.3) is 0 Å². The fourth-order valence-corrected chi connectivity index (χ4v) is 2.39. The van der Waals surface area contributed by atoms with Crippen molar-refractivity contribution in [1.29, 1.82) is 0 Å². The van der Waals surface area contributed by atoms with Crippen molar-refractivity contribution in [3.05, 3.63) is 0 Å². The van der Waals surface area contributed by atoms with Crippen molar-refractivity contribution < 1.29 is 0 Å². The van der Waals surface area contributed by atoms with Crippen LogP contribution in [-0.2, 0) is 0 Å². The minimum absolute atomic E-state index is 0.702. The van der Waals surface area contributed by atoms with Crippen molar-refractivity contribution in [3.63, 3.8) is 0 Å². The molecule has 0 saturated carbocycles. The number of hydrogen-bond donors (Lipinski definition) is 2. The third-order valence-corrected chi connectivity index (χ3v) is 3.63. The zero-order chi connectivity index (χ0) is 11.8. The number of piperidine rings is 1. The third-order valence-electron chi connectivity index (χ3n) is 3.63. The van der Waals surface area contributed by atoms with E-state index in [2.05, 4.69) is 31.4 Å². The smallest absolute Gasteiger partial charge is 0.00388 e. The molecule has 1 unspecified atom stereocenters. The molecule has 1 heterocycles. The van der Waals surface area contributed by atoms with Gasteiger partial charge in [0.1, 0.15) is 0 Å². The first-order valence-corrected chi connectivity index (χ1v) is 7.12. The predicted molar refractivity (Wildman–Crippen MR) is 71.7 cm³/mol. The molecular weight excluding hydrogens is 196 g/mol. The molecule has 16 heavy (non-hydrogen) atoms. The fourth-order valence-electron chi connectivity index (χ4n) is 2.39. The summed E-state index contributed by atoms with van der Waals surface area (Å²) in [5.74, 6) is 1.77. The maximum absolute atomic E-state index is 3.70. The standard InChI is InChI=1S/C14H30N2/c1-12(2)5-4-6-13(3)16-11-14-7-9-15-10-8-14/h12-16H,4-11H2,1-3H3. The molecule has 1 saturated heterocycles. The van der Waals surface area contributed by atoms with Crippen LogP contribution in [-0.4, -0.2) is 25.7 Å². The van der Waals surface area contributed by atoms with Crippen LogP contribution in [0, 0.1) is 11.8 Å². The van der Waals surface area contributed by atoms with E-state index in [1.165, 1.54) is 51.7 Å². The monoisotopic (exact) mass is 226 g/mol. The van der Waals surface area contributed by atoms with Gasteiger partial charge in [-0.05, 0) is 57.7 Å². The molecule has 0 aromatic heterocycles. The Hall–Kier alpha value is -0.0800. The van der Waals surface area contributed by atoms with Gasteiger partial charge in [0, 0.05) is 6.04 Å². The minimum Gasteiger partial charge on any atom is -0.317 e. The van der Waals surface area contributed by atoms with Crippen LogP contribution in [0.2, 0.25) is 0 Å². The normalized spacial score (nSPS) is 20.2. The van der Waals surface area contributed by atoms with Crippen LogP contribution in [0.3, 0.4) is 0 Å². The van der Waals surface area contributed by atoms with Gasteiger partial charge in [0.25, 0.3) is 0 Å². The summed E-state index contributed by atoms with van der Waals surface area (Å²) in [6, 6.07) is 0.702. The summed E-state index contributed by atoms with van der Waals surface area (Å²) in [5, 5.41) is 7.12. The molecule has 2 heteroatoms. The molecule has 2 nitrogen and oxygen atoms in total. The molecule has 1 rings (SSSR count). The first-order chi connectivity index (χ1) is 7.68. The van der Waals surface area contributed by atoms with Crippen LogP contribution in [0.5, 0.6) is 0 Å². The van der Waals surface area contributed by atoms with Gasteiger partial charge in [-0.1, -0.05) is 26.7 Å². The van der Waals surface area contributed by atoms with E-state index in [9.17, 15) is 0 Å². The quantitative estimate of drug-likeness (QED) is 0.697. The van der Waals surface area contributed by atoms with Crippen molar-refractivity contribution in [2.75, 3.05) is 19.6 Å². The lowest BCUT2D eigenvalue weighted by Gasteiger charge is -2.24. The summed E-state index contributed by atoms with van der Waals surface area (Å²) in [7, 11) is 0. The van der Waals surface area contributed by atoms with Crippen molar-refractivity contribution in [2.45, 2.75) is 58.9 Å². The van der Waals surface area contributed by atoms with Crippen molar-refractivity contribution >= 4 is 0 Å². The van der Waals surface area contributed by atoms with Gasteiger partial charge in [0.05, 0.1) is 0 Å². The summed E-state index contributed by atoms with van der Waals surface area (Å²) in [4.78, 5) is 0. The Morgan fingerprint density at radius 2 is 1.81 bits per heavy atom. The summed E-state index contributed by atoms with van der Waals surface area (Å²) < 4.78 is 0. The average molecular weight is 226 g/mol. The second kappa shape index (κ2) is 8.08. The van der Waals surface area contributed by atoms with Gasteiger partial charge in [0.15, 0.2) is 0 Å². The molecule has 0 aromatic rings. The van der Waals surface area contributed by atoms with Gasteiger partial charge >= 0.3 is 0 Å². The molecule has 0 aliphatic carbocycles. The van der Waals surface area contributed by atoms with Crippen LogP contribution in [0.4, 0.5) is 0 Å². The number of nitrogens with one attached hydrogen (secondary N) is 2. The number of hydrogen-bond acceptors (Lipinski definition) is 2. The van der Waals surface area contributed by atoms with Crippen LogP contribution in [0.15, 0.2) is 0 Å². The Bertz CT molecular complexity index is 162.